The van der Waals surface area contributed by atoms with Gasteiger partial charge < -0.3 is 4.74 Å². The number of halogens is 2. The number of carbonyl (C=O) groups excluding carboxylic acids is 1. The summed E-state index contributed by atoms with van der Waals surface area (Å²) in [6, 6.07) is 18.7. The molecule has 0 aliphatic rings. The van der Waals surface area contributed by atoms with Crippen molar-refractivity contribution in [3.8, 4) is 17.0 Å². The van der Waals surface area contributed by atoms with Crippen molar-refractivity contribution in [3.05, 3.63) is 90.3 Å². The fraction of sp³-hybridized carbons (Fsp3) is 0.0435. The Bertz CT molecular complexity index is 1250. The number of ether oxygens (including phenoxy) is 1. The third-order valence-electron chi connectivity index (χ3n) is 4.44. The summed E-state index contributed by atoms with van der Waals surface area (Å²) in [5.74, 6) is -0.498. The van der Waals surface area contributed by atoms with E-state index in [9.17, 15) is 13.6 Å². The van der Waals surface area contributed by atoms with Crippen LogP contribution in [0.15, 0.2) is 84.2 Å². The van der Waals surface area contributed by atoms with E-state index in [4.69, 9.17) is 0 Å². The number of para-hydroxylation sites is 2. The van der Waals surface area contributed by atoms with E-state index in [1.54, 1.807) is 54.9 Å². The molecule has 0 aliphatic carbocycles. The van der Waals surface area contributed by atoms with Crippen LogP contribution in [0.5, 0.6) is 5.75 Å². The van der Waals surface area contributed by atoms with Crippen molar-refractivity contribution in [2.24, 2.45) is 5.10 Å². The fourth-order valence-electron chi connectivity index (χ4n) is 3.04. The van der Waals surface area contributed by atoms with Crippen molar-refractivity contribution in [3.63, 3.8) is 0 Å². The lowest BCUT2D eigenvalue weighted by molar-refractivity contribution is -0.0499. The third-order valence-corrected chi connectivity index (χ3v) is 4.44. The van der Waals surface area contributed by atoms with Gasteiger partial charge in [0.1, 0.15) is 5.75 Å². The lowest BCUT2D eigenvalue weighted by atomic mass is 10.0. The van der Waals surface area contributed by atoms with Gasteiger partial charge in [-0.15, -0.1) is 0 Å². The van der Waals surface area contributed by atoms with Crippen LogP contribution in [-0.2, 0) is 0 Å². The number of fused-ring (bicyclic) bond motifs is 1. The second kappa shape index (κ2) is 9.08. The SMILES string of the molecule is O=C(N/N=C/c1ccccc1OC(F)F)c1cc(-c2ccncc2)nc2ccccc12. The van der Waals surface area contributed by atoms with Crippen LogP contribution in [0.2, 0.25) is 0 Å². The molecule has 4 rings (SSSR count). The summed E-state index contributed by atoms with van der Waals surface area (Å²) in [7, 11) is 0. The van der Waals surface area contributed by atoms with Crippen molar-refractivity contribution in [1.29, 1.82) is 0 Å². The molecule has 31 heavy (non-hydrogen) atoms. The minimum Gasteiger partial charge on any atom is -0.434 e. The van der Waals surface area contributed by atoms with Crippen LogP contribution in [0.25, 0.3) is 22.2 Å². The first kappa shape index (κ1) is 20.1. The summed E-state index contributed by atoms with van der Waals surface area (Å²) >= 11 is 0. The Kier molecular flexibility index (Phi) is 5.89. The number of nitrogens with one attached hydrogen (secondary N) is 1. The molecule has 0 atom stereocenters. The van der Waals surface area contributed by atoms with Crippen LogP contribution < -0.4 is 10.2 Å². The standard InChI is InChI=1S/C23H16F2N4O2/c24-23(25)31-21-8-4-1-5-16(21)14-27-29-22(30)18-13-20(15-9-11-26-12-10-15)28-19-7-3-2-6-17(18)19/h1-14,23H,(H,29,30)/b27-14+. The molecule has 2 aromatic heterocycles. The monoisotopic (exact) mass is 418 g/mol. The van der Waals surface area contributed by atoms with Crippen LogP contribution in [0.4, 0.5) is 8.78 Å². The van der Waals surface area contributed by atoms with Gasteiger partial charge in [0.15, 0.2) is 0 Å². The minimum atomic E-state index is -2.96. The predicted octanol–water partition coefficient (Wildman–Crippen LogP) is 4.66. The Balaban J connectivity index is 1.63. The lowest BCUT2D eigenvalue weighted by Crippen LogP contribution is -2.18. The summed E-state index contributed by atoms with van der Waals surface area (Å²) in [6.07, 6.45) is 4.55. The van der Waals surface area contributed by atoms with Gasteiger partial charge in [-0.25, -0.2) is 10.4 Å². The van der Waals surface area contributed by atoms with E-state index >= 15 is 0 Å². The maximum atomic E-state index is 12.9. The maximum absolute atomic E-state index is 12.9. The molecule has 4 aromatic rings. The van der Waals surface area contributed by atoms with E-state index in [1.807, 2.05) is 18.2 Å². The maximum Gasteiger partial charge on any atom is 0.387 e. The number of rotatable bonds is 6. The van der Waals surface area contributed by atoms with E-state index in [0.717, 1.165) is 5.56 Å². The second-order valence-electron chi connectivity index (χ2n) is 6.42. The van der Waals surface area contributed by atoms with E-state index in [1.165, 1.54) is 12.3 Å². The molecule has 6 nitrogen and oxygen atoms in total. The molecular formula is C23H16F2N4O2. The zero-order chi connectivity index (χ0) is 21.6. The van der Waals surface area contributed by atoms with E-state index < -0.39 is 12.5 Å². The number of carbonyl (C=O) groups is 1. The molecule has 0 saturated carbocycles. The number of alkyl halides is 2. The molecule has 1 amide bonds. The van der Waals surface area contributed by atoms with Crippen LogP contribution in [0.1, 0.15) is 15.9 Å². The van der Waals surface area contributed by atoms with E-state index in [-0.39, 0.29) is 5.75 Å². The molecule has 154 valence electrons. The topological polar surface area (TPSA) is 76.5 Å². The van der Waals surface area contributed by atoms with Gasteiger partial charge in [-0.1, -0.05) is 30.3 Å². The minimum absolute atomic E-state index is 0.0372. The van der Waals surface area contributed by atoms with Crippen molar-refractivity contribution >= 4 is 23.0 Å². The Hall–Kier alpha value is -4.20. The first-order valence-corrected chi connectivity index (χ1v) is 9.29. The van der Waals surface area contributed by atoms with Gasteiger partial charge in [0.2, 0.25) is 0 Å². The number of hydrogen-bond acceptors (Lipinski definition) is 5. The Morgan fingerprint density at radius 2 is 1.77 bits per heavy atom. The summed E-state index contributed by atoms with van der Waals surface area (Å²) in [5.41, 5.74) is 5.22. The quantitative estimate of drug-likeness (QED) is 0.365. The van der Waals surface area contributed by atoms with Crippen LogP contribution in [0.3, 0.4) is 0 Å². The number of amides is 1. The highest BCUT2D eigenvalue weighted by atomic mass is 19.3. The van der Waals surface area contributed by atoms with E-state index in [0.29, 0.717) is 27.7 Å². The zero-order valence-electron chi connectivity index (χ0n) is 16.1. The van der Waals surface area contributed by atoms with Gasteiger partial charge in [0, 0.05) is 28.9 Å². The van der Waals surface area contributed by atoms with Gasteiger partial charge in [0.25, 0.3) is 5.91 Å². The van der Waals surface area contributed by atoms with Crippen molar-refractivity contribution in [2.45, 2.75) is 6.61 Å². The third kappa shape index (κ3) is 4.69. The van der Waals surface area contributed by atoms with Crippen LogP contribution in [0, 0.1) is 0 Å². The normalized spacial score (nSPS) is 11.2. The van der Waals surface area contributed by atoms with Gasteiger partial charge in [-0.05, 0) is 36.4 Å². The number of hydrogen-bond donors (Lipinski definition) is 1. The molecule has 0 radical (unpaired) electrons. The van der Waals surface area contributed by atoms with Crippen molar-refractivity contribution in [2.75, 3.05) is 0 Å². The second-order valence-corrected chi connectivity index (χ2v) is 6.42. The molecule has 0 aliphatic heterocycles. The first-order valence-electron chi connectivity index (χ1n) is 9.29. The smallest absolute Gasteiger partial charge is 0.387 e. The molecule has 2 heterocycles. The van der Waals surface area contributed by atoms with Gasteiger partial charge in [0.05, 0.1) is 23.0 Å². The Labute approximate surface area is 176 Å². The summed E-state index contributed by atoms with van der Waals surface area (Å²) in [6.45, 7) is -2.96. The van der Waals surface area contributed by atoms with Crippen molar-refractivity contribution < 1.29 is 18.3 Å². The molecule has 0 saturated heterocycles. The molecule has 2 aromatic carbocycles. The lowest BCUT2D eigenvalue weighted by Gasteiger charge is -2.09. The van der Waals surface area contributed by atoms with Crippen LogP contribution in [-0.4, -0.2) is 28.7 Å². The number of benzene rings is 2. The summed E-state index contributed by atoms with van der Waals surface area (Å²) < 4.78 is 29.6. The Morgan fingerprint density at radius 1 is 1.03 bits per heavy atom. The van der Waals surface area contributed by atoms with Gasteiger partial charge in [-0.3, -0.25) is 9.78 Å². The van der Waals surface area contributed by atoms with Crippen LogP contribution >= 0.6 is 0 Å². The highest BCUT2D eigenvalue weighted by Crippen LogP contribution is 2.24. The van der Waals surface area contributed by atoms with E-state index in [2.05, 4.69) is 25.2 Å². The first-order chi connectivity index (χ1) is 15.1. The predicted molar refractivity (Wildman–Crippen MR) is 113 cm³/mol. The summed E-state index contributed by atoms with van der Waals surface area (Å²) in [5, 5.41) is 4.58. The highest BCUT2D eigenvalue weighted by molar-refractivity contribution is 6.07. The average molecular weight is 418 g/mol. The van der Waals surface area contributed by atoms with Gasteiger partial charge in [-0.2, -0.15) is 13.9 Å². The molecule has 0 spiro atoms. The Morgan fingerprint density at radius 3 is 2.58 bits per heavy atom. The molecule has 0 bridgehead atoms. The zero-order valence-corrected chi connectivity index (χ0v) is 16.1. The highest BCUT2D eigenvalue weighted by Gasteiger charge is 2.14. The average Bonchev–Trinajstić information content (AvgIpc) is 2.79. The fourth-order valence-corrected chi connectivity index (χ4v) is 3.04. The number of pyridine rings is 2. The molecule has 0 unspecified atom stereocenters. The number of aromatic nitrogens is 2. The molecule has 8 heteroatoms. The van der Waals surface area contributed by atoms with Crippen molar-refractivity contribution in [1.82, 2.24) is 15.4 Å². The molecule has 1 N–H and O–H groups in total. The molecule has 0 fully saturated rings. The molecular weight excluding hydrogens is 402 g/mol. The summed E-state index contributed by atoms with van der Waals surface area (Å²) in [4.78, 5) is 21.5. The number of hydrazone groups is 1. The van der Waals surface area contributed by atoms with Gasteiger partial charge >= 0.3 is 6.61 Å². The number of nitrogens with zero attached hydrogens (tertiary/aromatic N) is 3. The largest absolute Gasteiger partial charge is 0.434 e.